The van der Waals surface area contributed by atoms with E-state index in [2.05, 4.69) is 45.5 Å². The molecule has 26 heavy (non-hydrogen) atoms. The van der Waals surface area contributed by atoms with E-state index in [9.17, 15) is 4.79 Å². The third-order valence-electron chi connectivity index (χ3n) is 4.74. The van der Waals surface area contributed by atoms with Crippen molar-refractivity contribution in [2.45, 2.75) is 58.5 Å². The van der Waals surface area contributed by atoms with E-state index in [-0.39, 0.29) is 5.91 Å². The fourth-order valence-corrected chi connectivity index (χ4v) is 3.29. The van der Waals surface area contributed by atoms with Gasteiger partial charge in [-0.1, -0.05) is 36.3 Å². The zero-order chi connectivity index (χ0) is 18.2. The number of aromatic nitrogens is 2. The molecule has 0 bridgehead atoms. The molecule has 1 aliphatic heterocycles. The molecule has 1 fully saturated rings. The molecule has 1 aromatic heterocycles. The Bertz CT molecular complexity index is 707. The second-order valence-electron chi connectivity index (χ2n) is 6.88. The van der Waals surface area contributed by atoms with E-state index in [1.54, 1.807) is 0 Å². The second-order valence-corrected chi connectivity index (χ2v) is 6.88. The number of hydrogen-bond acceptors (Lipinski definition) is 5. The highest BCUT2D eigenvalue weighted by atomic mass is 16.5. The average Bonchev–Trinajstić information content (AvgIpc) is 3.31. The number of aryl methyl sites for hydroxylation is 2. The summed E-state index contributed by atoms with van der Waals surface area (Å²) in [6, 6.07) is 8.36. The molecule has 1 amide bonds. The normalized spacial score (nSPS) is 14.7. The lowest BCUT2D eigenvalue weighted by molar-refractivity contribution is -0.121. The Labute approximate surface area is 155 Å². The standard InChI is InChI=1S/C20H28N4O2/c1-2-7-18-22-20(26-23-18)11-10-19(25)21-14-16-8-3-4-9-17(16)15-24-12-5-6-13-24/h3-4,8-9H,2,5-7,10-15H2,1H3,(H,21,25). The van der Waals surface area contributed by atoms with E-state index >= 15 is 0 Å². The number of carbonyl (C=O) groups excluding carboxylic acids is 1. The molecule has 2 aromatic rings. The van der Waals surface area contributed by atoms with Gasteiger partial charge in [0.25, 0.3) is 0 Å². The summed E-state index contributed by atoms with van der Waals surface area (Å²) in [7, 11) is 0. The predicted octanol–water partition coefficient (Wildman–Crippen LogP) is 2.87. The van der Waals surface area contributed by atoms with Crippen molar-refractivity contribution in [2.24, 2.45) is 0 Å². The number of hydrogen-bond donors (Lipinski definition) is 1. The molecule has 1 saturated heterocycles. The van der Waals surface area contributed by atoms with Crippen molar-refractivity contribution in [3.63, 3.8) is 0 Å². The number of carbonyl (C=O) groups is 1. The fraction of sp³-hybridized carbons (Fsp3) is 0.550. The Hall–Kier alpha value is -2.21. The van der Waals surface area contributed by atoms with Gasteiger partial charge >= 0.3 is 0 Å². The minimum absolute atomic E-state index is 0.0104. The van der Waals surface area contributed by atoms with Gasteiger partial charge in [-0.05, 0) is 43.5 Å². The Morgan fingerprint density at radius 3 is 2.73 bits per heavy atom. The van der Waals surface area contributed by atoms with Gasteiger partial charge in [0.05, 0.1) is 0 Å². The summed E-state index contributed by atoms with van der Waals surface area (Å²) in [6.45, 7) is 5.95. The minimum Gasteiger partial charge on any atom is -0.352 e. The molecule has 0 spiro atoms. The van der Waals surface area contributed by atoms with Crippen molar-refractivity contribution < 1.29 is 9.32 Å². The van der Waals surface area contributed by atoms with Crippen LogP contribution in [0.4, 0.5) is 0 Å². The van der Waals surface area contributed by atoms with Gasteiger partial charge in [0.2, 0.25) is 11.8 Å². The van der Waals surface area contributed by atoms with Gasteiger partial charge in [-0.3, -0.25) is 9.69 Å². The highest BCUT2D eigenvalue weighted by Gasteiger charge is 2.14. The Morgan fingerprint density at radius 1 is 1.19 bits per heavy atom. The van der Waals surface area contributed by atoms with Gasteiger partial charge in [-0.15, -0.1) is 0 Å². The minimum atomic E-state index is 0.0104. The SMILES string of the molecule is CCCc1noc(CCC(=O)NCc2ccccc2CN2CCCC2)n1. The zero-order valence-electron chi connectivity index (χ0n) is 15.5. The first-order valence-corrected chi connectivity index (χ1v) is 9.62. The molecule has 0 aliphatic carbocycles. The van der Waals surface area contributed by atoms with E-state index in [1.807, 2.05) is 6.07 Å². The van der Waals surface area contributed by atoms with E-state index < -0.39 is 0 Å². The average molecular weight is 356 g/mol. The van der Waals surface area contributed by atoms with Crippen LogP contribution in [0.3, 0.4) is 0 Å². The van der Waals surface area contributed by atoms with Crippen molar-refractivity contribution in [1.82, 2.24) is 20.4 Å². The lowest BCUT2D eigenvalue weighted by atomic mass is 10.1. The highest BCUT2D eigenvalue weighted by Crippen LogP contribution is 2.16. The third kappa shape index (κ3) is 5.39. The summed E-state index contributed by atoms with van der Waals surface area (Å²) in [5.74, 6) is 1.27. The van der Waals surface area contributed by atoms with Crippen LogP contribution in [-0.4, -0.2) is 34.0 Å². The van der Waals surface area contributed by atoms with E-state index in [0.29, 0.717) is 25.3 Å². The van der Waals surface area contributed by atoms with Gasteiger partial charge in [0.1, 0.15) is 0 Å². The van der Waals surface area contributed by atoms with Crippen LogP contribution in [0.25, 0.3) is 0 Å². The first-order valence-electron chi connectivity index (χ1n) is 9.62. The maximum atomic E-state index is 12.2. The van der Waals surface area contributed by atoms with E-state index in [0.717, 1.165) is 25.2 Å². The molecule has 3 rings (SSSR count). The molecule has 1 aromatic carbocycles. The Balaban J connectivity index is 1.46. The molecular formula is C20H28N4O2. The van der Waals surface area contributed by atoms with Crippen molar-refractivity contribution >= 4 is 5.91 Å². The summed E-state index contributed by atoms with van der Waals surface area (Å²) in [5.41, 5.74) is 2.49. The molecule has 1 aliphatic rings. The molecule has 2 heterocycles. The Kier molecular flexibility index (Phi) is 6.77. The Morgan fingerprint density at radius 2 is 1.96 bits per heavy atom. The molecule has 0 unspecified atom stereocenters. The van der Waals surface area contributed by atoms with Crippen molar-refractivity contribution in [2.75, 3.05) is 13.1 Å². The van der Waals surface area contributed by atoms with E-state index in [4.69, 9.17) is 4.52 Å². The van der Waals surface area contributed by atoms with Gasteiger partial charge in [-0.2, -0.15) is 4.98 Å². The highest BCUT2D eigenvalue weighted by molar-refractivity contribution is 5.76. The number of amides is 1. The van der Waals surface area contributed by atoms with E-state index in [1.165, 1.54) is 37.1 Å². The van der Waals surface area contributed by atoms with Crippen molar-refractivity contribution in [1.29, 1.82) is 0 Å². The maximum Gasteiger partial charge on any atom is 0.227 e. The fourth-order valence-electron chi connectivity index (χ4n) is 3.29. The zero-order valence-corrected chi connectivity index (χ0v) is 15.5. The quantitative estimate of drug-likeness (QED) is 0.748. The first-order chi connectivity index (χ1) is 12.7. The monoisotopic (exact) mass is 356 g/mol. The van der Waals surface area contributed by atoms with Crippen LogP contribution in [0, 0.1) is 0 Å². The van der Waals surface area contributed by atoms with Gasteiger partial charge < -0.3 is 9.84 Å². The maximum absolute atomic E-state index is 12.2. The number of rotatable bonds is 9. The van der Waals surface area contributed by atoms with Crippen LogP contribution in [-0.2, 0) is 30.7 Å². The number of nitrogens with zero attached hydrogens (tertiary/aromatic N) is 3. The van der Waals surface area contributed by atoms with Crippen LogP contribution >= 0.6 is 0 Å². The molecule has 140 valence electrons. The van der Waals surface area contributed by atoms with Crippen LogP contribution in [0.15, 0.2) is 28.8 Å². The summed E-state index contributed by atoms with van der Waals surface area (Å²) in [4.78, 5) is 18.9. The largest absolute Gasteiger partial charge is 0.352 e. The number of likely N-dealkylation sites (tertiary alicyclic amines) is 1. The third-order valence-corrected chi connectivity index (χ3v) is 4.74. The van der Waals surface area contributed by atoms with Gasteiger partial charge in [0.15, 0.2) is 5.82 Å². The molecule has 6 nitrogen and oxygen atoms in total. The lowest BCUT2D eigenvalue weighted by Crippen LogP contribution is -2.25. The molecule has 0 radical (unpaired) electrons. The summed E-state index contributed by atoms with van der Waals surface area (Å²) in [6.07, 6.45) is 5.21. The van der Waals surface area contributed by atoms with Gasteiger partial charge in [-0.25, -0.2) is 0 Å². The molecule has 6 heteroatoms. The number of benzene rings is 1. The first kappa shape index (κ1) is 18.6. The number of nitrogens with one attached hydrogen (secondary N) is 1. The predicted molar refractivity (Wildman–Crippen MR) is 99.4 cm³/mol. The molecular weight excluding hydrogens is 328 g/mol. The molecule has 1 N–H and O–H groups in total. The smallest absolute Gasteiger partial charge is 0.227 e. The van der Waals surface area contributed by atoms with Crippen LogP contribution in [0.5, 0.6) is 0 Å². The van der Waals surface area contributed by atoms with Gasteiger partial charge in [0, 0.05) is 32.4 Å². The van der Waals surface area contributed by atoms with Crippen molar-refractivity contribution in [3.8, 4) is 0 Å². The molecule has 0 saturated carbocycles. The summed E-state index contributed by atoms with van der Waals surface area (Å²) >= 11 is 0. The summed E-state index contributed by atoms with van der Waals surface area (Å²) < 4.78 is 5.18. The second kappa shape index (κ2) is 9.48. The van der Waals surface area contributed by atoms with Crippen LogP contribution < -0.4 is 5.32 Å². The molecule has 0 atom stereocenters. The topological polar surface area (TPSA) is 71.3 Å². The lowest BCUT2D eigenvalue weighted by Gasteiger charge is -2.17. The van der Waals surface area contributed by atoms with Crippen molar-refractivity contribution in [3.05, 3.63) is 47.1 Å². The van der Waals surface area contributed by atoms with Crippen LogP contribution in [0.2, 0.25) is 0 Å². The summed E-state index contributed by atoms with van der Waals surface area (Å²) in [5, 5.41) is 6.93. The van der Waals surface area contributed by atoms with Crippen LogP contribution in [0.1, 0.15) is 55.4 Å².